The molecule has 0 saturated heterocycles. The number of rotatable bonds is 8. The predicted octanol–water partition coefficient (Wildman–Crippen LogP) is 4.56. The van der Waals surface area contributed by atoms with Gasteiger partial charge in [0.05, 0.1) is 13.2 Å². The average molecular weight is 334 g/mol. The van der Waals surface area contributed by atoms with Crippen LogP contribution in [0.25, 0.3) is 0 Å². The zero-order chi connectivity index (χ0) is 15.0. The van der Waals surface area contributed by atoms with Crippen molar-refractivity contribution in [3.63, 3.8) is 0 Å². The Bertz CT molecular complexity index is 326. The van der Waals surface area contributed by atoms with E-state index in [0.29, 0.717) is 11.1 Å². The predicted molar refractivity (Wildman–Crippen MR) is 98.5 cm³/mol. The van der Waals surface area contributed by atoms with E-state index in [2.05, 4.69) is 13.2 Å². The Morgan fingerprint density at radius 2 is 1.04 bits per heavy atom. The first-order chi connectivity index (χ1) is 8.73. The van der Waals surface area contributed by atoms with E-state index in [1.54, 1.807) is 27.7 Å². The Labute approximate surface area is 143 Å². The number of hydrogen-bond donors (Lipinski definition) is 0. The molecule has 0 rings (SSSR count). The molecule has 0 aromatic heterocycles. The Balaban J connectivity index is -0.000000270. The number of carbonyl (C=O) groups is 2. The van der Waals surface area contributed by atoms with Crippen LogP contribution in [0.15, 0.2) is 24.3 Å². The highest BCUT2D eigenvalue weighted by atomic mass is 16.6. The third kappa shape index (κ3) is 16.6. The van der Waals surface area contributed by atoms with Gasteiger partial charge in [-0.2, -0.15) is 0 Å². The summed E-state index contributed by atoms with van der Waals surface area (Å²) in [6.07, 6.45) is -0.763. The van der Waals surface area contributed by atoms with Crippen LogP contribution in [0.2, 0.25) is 0 Å². The lowest BCUT2D eigenvalue weighted by Gasteiger charge is -2.16. The first kappa shape index (κ1) is 33.1. The first-order valence-electron chi connectivity index (χ1n) is 6.04. The van der Waals surface area contributed by atoms with Crippen molar-refractivity contribution in [2.24, 2.45) is 0 Å². The number of carbonyl (C=O) groups excluding carboxylic acids is 2. The normalized spacial score (nSPS) is 11.0. The molecule has 2 unspecified atom stereocenters. The molecule has 0 spiro atoms. The van der Waals surface area contributed by atoms with E-state index >= 15 is 0 Å². The lowest BCUT2D eigenvalue weighted by Crippen LogP contribution is -2.25. The topological polar surface area (TPSA) is 61.8 Å². The van der Waals surface area contributed by atoms with Crippen molar-refractivity contribution in [3.05, 3.63) is 24.3 Å². The summed E-state index contributed by atoms with van der Waals surface area (Å²) in [5, 5.41) is 0. The fraction of sp³-hybridized carbons (Fsp3) is 0.667. The molecule has 0 heterocycles. The second-order valence-electron chi connectivity index (χ2n) is 4.53. The summed E-state index contributed by atoms with van der Waals surface area (Å²) in [6.45, 7) is 14.0. The van der Waals surface area contributed by atoms with Gasteiger partial charge in [-0.25, -0.2) is 9.59 Å². The van der Waals surface area contributed by atoms with Crippen LogP contribution in [0.5, 0.6) is 0 Å². The molecule has 0 aliphatic carbocycles. The summed E-state index contributed by atoms with van der Waals surface area (Å²) in [5.74, 6) is -0.893. The lowest BCUT2D eigenvalue weighted by molar-refractivity contribution is -0.149. The molecule has 140 valence electrons. The Morgan fingerprint density at radius 3 is 1.26 bits per heavy atom. The number of esters is 2. The molecule has 0 aliphatic heterocycles. The van der Waals surface area contributed by atoms with E-state index in [0.717, 1.165) is 0 Å². The van der Waals surface area contributed by atoms with E-state index in [1.165, 1.54) is 0 Å². The fourth-order valence-electron chi connectivity index (χ4n) is 1.03. The van der Waals surface area contributed by atoms with E-state index in [4.69, 9.17) is 14.2 Å². The molecule has 2 atom stereocenters. The van der Waals surface area contributed by atoms with Gasteiger partial charge in [-0.15, -0.1) is 0 Å². The van der Waals surface area contributed by atoms with Gasteiger partial charge in [0.25, 0.3) is 0 Å². The van der Waals surface area contributed by atoms with Gasteiger partial charge in [0.15, 0.2) is 0 Å². The van der Waals surface area contributed by atoms with Gasteiger partial charge in [-0.3, -0.25) is 0 Å². The minimum absolute atomic E-state index is 0. The molecular weight excluding hydrogens is 296 g/mol. The van der Waals surface area contributed by atoms with E-state index in [9.17, 15) is 9.59 Å². The lowest BCUT2D eigenvalue weighted by atomic mass is 10.3. The van der Waals surface area contributed by atoms with Crippen LogP contribution < -0.4 is 0 Å². The Hall–Kier alpha value is -1.62. The maximum atomic E-state index is 11.2. The summed E-state index contributed by atoms with van der Waals surface area (Å²) >= 11 is 0. The van der Waals surface area contributed by atoms with Gasteiger partial charge >= 0.3 is 11.9 Å². The second-order valence-corrected chi connectivity index (χ2v) is 4.53. The van der Waals surface area contributed by atoms with Crippen molar-refractivity contribution in [2.45, 2.75) is 69.6 Å². The largest absolute Gasteiger partial charge is 0.457 e. The van der Waals surface area contributed by atoms with Gasteiger partial charge in [0, 0.05) is 11.1 Å². The highest BCUT2D eigenvalue weighted by molar-refractivity contribution is 5.87. The van der Waals surface area contributed by atoms with Gasteiger partial charge in [0.2, 0.25) is 0 Å². The van der Waals surface area contributed by atoms with Crippen LogP contribution in [0.4, 0.5) is 0 Å². The molecule has 0 saturated carbocycles. The summed E-state index contributed by atoms with van der Waals surface area (Å²) in [4.78, 5) is 22.4. The van der Waals surface area contributed by atoms with Crippen molar-refractivity contribution in [3.8, 4) is 0 Å². The first-order valence-corrected chi connectivity index (χ1v) is 6.04. The van der Waals surface area contributed by atoms with E-state index in [-0.39, 0.29) is 55.1 Å². The molecule has 5 heteroatoms. The molecule has 0 aliphatic rings. The molecular formula is C18H38O5. The minimum Gasteiger partial charge on any atom is -0.457 e. The SMILES string of the molecule is C.C.C.C.C=C(C)C(=O)OC(C)COCC(C)OC(=O)C(=C)C. The molecule has 0 N–H and O–H groups in total. The van der Waals surface area contributed by atoms with Gasteiger partial charge in [-0.05, 0) is 27.7 Å². The summed E-state index contributed by atoms with van der Waals surface area (Å²) in [7, 11) is 0. The summed E-state index contributed by atoms with van der Waals surface area (Å²) in [5.41, 5.74) is 0.686. The standard InChI is InChI=1S/C14H22O5.4CH4/c1-9(2)13(15)18-11(5)7-17-8-12(6)19-14(16)10(3)4;;;;/h11-12H,1,3,7-8H2,2,4-6H3;4*1H4. The molecule has 0 aromatic carbocycles. The van der Waals surface area contributed by atoms with Crippen LogP contribution in [-0.4, -0.2) is 37.4 Å². The van der Waals surface area contributed by atoms with Crippen LogP contribution in [0, 0.1) is 0 Å². The third-order valence-corrected chi connectivity index (χ3v) is 2.02. The van der Waals surface area contributed by atoms with Crippen LogP contribution in [0.3, 0.4) is 0 Å². The quantitative estimate of drug-likeness (QED) is 0.481. The Kier molecular flexibility index (Phi) is 24.1. The van der Waals surface area contributed by atoms with E-state index in [1.807, 2.05) is 0 Å². The smallest absolute Gasteiger partial charge is 0.333 e. The van der Waals surface area contributed by atoms with Crippen LogP contribution in [-0.2, 0) is 23.8 Å². The maximum absolute atomic E-state index is 11.2. The molecule has 0 aromatic rings. The molecule has 0 radical (unpaired) electrons. The minimum atomic E-state index is -0.446. The van der Waals surface area contributed by atoms with Gasteiger partial charge in [0.1, 0.15) is 12.2 Å². The maximum Gasteiger partial charge on any atom is 0.333 e. The number of hydrogen-bond acceptors (Lipinski definition) is 5. The van der Waals surface area contributed by atoms with Crippen molar-refractivity contribution in [2.75, 3.05) is 13.2 Å². The molecule has 5 nitrogen and oxygen atoms in total. The van der Waals surface area contributed by atoms with E-state index < -0.39 is 11.9 Å². The van der Waals surface area contributed by atoms with Crippen molar-refractivity contribution in [1.29, 1.82) is 0 Å². The molecule has 23 heavy (non-hydrogen) atoms. The molecule has 0 bridgehead atoms. The third-order valence-electron chi connectivity index (χ3n) is 2.02. The zero-order valence-corrected chi connectivity index (χ0v) is 12.0. The number of ether oxygens (including phenoxy) is 3. The monoisotopic (exact) mass is 334 g/mol. The van der Waals surface area contributed by atoms with Crippen molar-refractivity contribution >= 4 is 11.9 Å². The summed E-state index contributed by atoms with van der Waals surface area (Å²) < 4.78 is 15.4. The van der Waals surface area contributed by atoms with Gasteiger partial charge < -0.3 is 14.2 Å². The van der Waals surface area contributed by atoms with Gasteiger partial charge in [-0.1, -0.05) is 42.9 Å². The Morgan fingerprint density at radius 1 is 0.783 bits per heavy atom. The van der Waals surface area contributed by atoms with Crippen molar-refractivity contribution in [1.82, 2.24) is 0 Å². The molecule has 0 amide bonds. The van der Waals surface area contributed by atoms with Crippen LogP contribution >= 0.6 is 0 Å². The second kappa shape index (κ2) is 16.7. The zero-order valence-electron chi connectivity index (χ0n) is 12.0. The van der Waals surface area contributed by atoms with Crippen LogP contribution in [0.1, 0.15) is 57.4 Å². The average Bonchev–Trinajstić information content (AvgIpc) is 2.28. The highest BCUT2D eigenvalue weighted by Gasteiger charge is 2.13. The fourth-order valence-corrected chi connectivity index (χ4v) is 1.03. The summed E-state index contributed by atoms with van der Waals surface area (Å²) in [6, 6.07) is 0. The highest BCUT2D eigenvalue weighted by Crippen LogP contribution is 2.02. The van der Waals surface area contributed by atoms with Crippen molar-refractivity contribution < 1.29 is 23.8 Å². The molecule has 0 fully saturated rings.